The van der Waals surface area contributed by atoms with Crippen LogP contribution in [0.1, 0.15) is 13.3 Å². The van der Waals surface area contributed by atoms with E-state index in [1.165, 1.54) is 0 Å². The molecule has 1 fully saturated rings. The largest absolute Gasteiger partial charge is 0.337 e. The molecule has 0 radical (unpaired) electrons. The van der Waals surface area contributed by atoms with Crippen LogP contribution in [0.3, 0.4) is 0 Å². The Bertz CT molecular complexity index is 436. The Morgan fingerprint density at radius 1 is 1.33 bits per heavy atom. The molecule has 1 aromatic heterocycles. The second-order valence-corrected chi connectivity index (χ2v) is 5.94. The summed E-state index contributed by atoms with van der Waals surface area (Å²) in [6.07, 6.45) is 6.52. The summed E-state index contributed by atoms with van der Waals surface area (Å²) in [5, 5.41) is 3.11. The number of anilines is 1. The van der Waals surface area contributed by atoms with Crippen LogP contribution in [0.15, 0.2) is 18.5 Å². The van der Waals surface area contributed by atoms with Crippen LogP contribution in [0.2, 0.25) is 0 Å². The smallest absolute Gasteiger partial charge is 0.317 e. The lowest BCUT2D eigenvalue weighted by Gasteiger charge is -2.35. The number of urea groups is 1. The number of aromatic nitrogens is 2. The standard InChI is InChI=1S/C14H23N5OS/c1-3-12(11-21-2)17-14(20)19-9-7-18(8-10-19)13-15-5-4-6-16-13/h4-6,12H,3,7-11H2,1-2H3,(H,17,20)/t12-/m1/s1. The van der Waals surface area contributed by atoms with Gasteiger partial charge < -0.3 is 15.1 Å². The predicted molar refractivity (Wildman–Crippen MR) is 86.8 cm³/mol. The zero-order valence-corrected chi connectivity index (χ0v) is 13.5. The molecule has 0 bridgehead atoms. The van der Waals surface area contributed by atoms with Crippen LogP contribution in [0.5, 0.6) is 0 Å². The normalized spacial score (nSPS) is 16.7. The number of hydrogen-bond acceptors (Lipinski definition) is 5. The predicted octanol–water partition coefficient (Wildman–Crippen LogP) is 1.45. The van der Waals surface area contributed by atoms with E-state index in [4.69, 9.17) is 0 Å². The highest BCUT2D eigenvalue weighted by Gasteiger charge is 2.23. The Morgan fingerprint density at radius 2 is 2.00 bits per heavy atom. The van der Waals surface area contributed by atoms with Crippen LogP contribution in [0, 0.1) is 0 Å². The van der Waals surface area contributed by atoms with Crippen molar-refractivity contribution in [2.24, 2.45) is 0 Å². The van der Waals surface area contributed by atoms with Gasteiger partial charge in [-0.2, -0.15) is 11.8 Å². The van der Waals surface area contributed by atoms with Gasteiger partial charge in [-0.3, -0.25) is 0 Å². The van der Waals surface area contributed by atoms with Crippen LogP contribution >= 0.6 is 11.8 Å². The molecule has 21 heavy (non-hydrogen) atoms. The van der Waals surface area contributed by atoms with Crippen molar-refractivity contribution in [3.8, 4) is 0 Å². The molecule has 1 saturated heterocycles. The quantitative estimate of drug-likeness (QED) is 0.892. The summed E-state index contributed by atoms with van der Waals surface area (Å²) in [6, 6.07) is 2.11. The van der Waals surface area contributed by atoms with E-state index in [1.54, 1.807) is 24.2 Å². The fraction of sp³-hybridized carbons (Fsp3) is 0.643. The first-order valence-electron chi connectivity index (χ1n) is 7.31. The molecule has 1 aliphatic heterocycles. The number of amides is 2. The van der Waals surface area contributed by atoms with E-state index in [2.05, 4.69) is 33.4 Å². The maximum absolute atomic E-state index is 12.2. The fourth-order valence-corrected chi connectivity index (χ4v) is 3.01. The number of piperazine rings is 1. The second kappa shape index (κ2) is 8.07. The molecule has 0 unspecified atom stereocenters. The minimum absolute atomic E-state index is 0.0459. The Morgan fingerprint density at radius 3 is 2.57 bits per heavy atom. The molecule has 2 amide bonds. The summed E-state index contributed by atoms with van der Waals surface area (Å²) in [5.41, 5.74) is 0. The van der Waals surface area contributed by atoms with Gasteiger partial charge in [0.2, 0.25) is 5.95 Å². The van der Waals surface area contributed by atoms with Crippen molar-refractivity contribution in [2.45, 2.75) is 19.4 Å². The average molecular weight is 309 g/mol. The number of hydrogen-bond donors (Lipinski definition) is 1. The van der Waals surface area contributed by atoms with Gasteiger partial charge in [0.25, 0.3) is 0 Å². The van der Waals surface area contributed by atoms with Gasteiger partial charge in [-0.25, -0.2) is 14.8 Å². The number of thioether (sulfide) groups is 1. The van der Waals surface area contributed by atoms with Gasteiger partial charge in [-0.1, -0.05) is 6.92 Å². The molecule has 2 rings (SSSR count). The highest BCUT2D eigenvalue weighted by Crippen LogP contribution is 2.10. The average Bonchev–Trinajstić information content (AvgIpc) is 2.55. The molecule has 1 atom stereocenters. The van der Waals surface area contributed by atoms with Gasteiger partial charge in [0, 0.05) is 50.4 Å². The van der Waals surface area contributed by atoms with Gasteiger partial charge in [0.1, 0.15) is 0 Å². The molecule has 1 aromatic rings. The number of rotatable bonds is 5. The summed E-state index contributed by atoms with van der Waals surface area (Å²) >= 11 is 1.76. The maximum atomic E-state index is 12.2. The summed E-state index contributed by atoms with van der Waals surface area (Å²) in [4.78, 5) is 24.7. The van der Waals surface area contributed by atoms with Crippen molar-refractivity contribution in [2.75, 3.05) is 43.1 Å². The van der Waals surface area contributed by atoms with Crippen molar-refractivity contribution in [1.29, 1.82) is 0 Å². The molecule has 0 saturated carbocycles. The summed E-state index contributed by atoms with van der Waals surface area (Å²) in [5.74, 6) is 1.70. The third kappa shape index (κ3) is 4.49. The highest BCUT2D eigenvalue weighted by molar-refractivity contribution is 7.98. The molecular weight excluding hydrogens is 286 g/mol. The zero-order valence-electron chi connectivity index (χ0n) is 12.7. The van der Waals surface area contributed by atoms with Crippen LogP contribution in [0.25, 0.3) is 0 Å². The van der Waals surface area contributed by atoms with E-state index >= 15 is 0 Å². The van der Waals surface area contributed by atoms with E-state index in [1.807, 2.05) is 11.0 Å². The minimum Gasteiger partial charge on any atom is -0.337 e. The van der Waals surface area contributed by atoms with Gasteiger partial charge in [0.05, 0.1) is 0 Å². The molecule has 0 aliphatic carbocycles. The van der Waals surface area contributed by atoms with Crippen molar-refractivity contribution < 1.29 is 4.79 Å². The van der Waals surface area contributed by atoms with Crippen LogP contribution in [0.4, 0.5) is 10.7 Å². The lowest BCUT2D eigenvalue weighted by Crippen LogP contribution is -2.54. The fourth-order valence-electron chi connectivity index (χ4n) is 2.29. The van der Waals surface area contributed by atoms with Gasteiger partial charge in [-0.15, -0.1) is 0 Å². The van der Waals surface area contributed by atoms with E-state index in [9.17, 15) is 4.79 Å². The van der Waals surface area contributed by atoms with Gasteiger partial charge >= 0.3 is 6.03 Å². The van der Waals surface area contributed by atoms with E-state index in [0.717, 1.165) is 31.2 Å². The molecule has 0 aromatic carbocycles. The van der Waals surface area contributed by atoms with Crippen LogP contribution < -0.4 is 10.2 Å². The zero-order chi connectivity index (χ0) is 15.1. The van der Waals surface area contributed by atoms with Crippen LogP contribution in [-0.4, -0.2) is 65.1 Å². The van der Waals surface area contributed by atoms with Crippen molar-refractivity contribution in [3.63, 3.8) is 0 Å². The van der Waals surface area contributed by atoms with Crippen molar-refractivity contribution in [3.05, 3.63) is 18.5 Å². The molecule has 6 nitrogen and oxygen atoms in total. The third-order valence-corrected chi connectivity index (χ3v) is 4.33. The lowest BCUT2D eigenvalue weighted by molar-refractivity contribution is 0.190. The second-order valence-electron chi connectivity index (χ2n) is 5.03. The van der Waals surface area contributed by atoms with Crippen LogP contribution in [-0.2, 0) is 0 Å². The Kier molecular flexibility index (Phi) is 6.10. The first-order chi connectivity index (χ1) is 10.2. The van der Waals surface area contributed by atoms with Gasteiger partial charge in [0.15, 0.2) is 0 Å². The van der Waals surface area contributed by atoms with E-state index in [0.29, 0.717) is 13.1 Å². The molecule has 2 heterocycles. The highest BCUT2D eigenvalue weighted by atomic mass is 32.2. The van der Waals surface area contributed by atoms with E-state index < -0.39 is 0 Å². The number of nitrogens with zero attached hydrogens (tertiary/aromatic N) is 4. The third-order valence-electron chi connectivity index (χ3n) is 3.59. The molecule has 116 valence electrons. The van der Waals surface area contributed by atoms with Crippen molar-refractivity contribution in [1.82, 2.24) is 20.2 Å². The van der Waals surface area contributed by atoms with Crippen molar-refractivity contribution >= 4 is 23.7 Å². The molecule has 1 aliphatic rings. The number of carbonyl (C=O) groups excluding carboxylic acids is 1. The SMILES string of the molecule is CC[C@H](CSC)NC(=O)N1CCN(c2ncccn2)CC1. The number of carbonyl (C=O) groups is 1. The minimum atomic E-state index is 0.0459. The van der Waals surface area contributed by atoms with Gasteiger partial charge in [-0.05, 0) is 18.7 Å². The Labute approximate surface area is 130 Å². The molecular formula is C14H23N5OS. The number of nitrogens with one attached hydrogen (secondary N) is 1. The summed E-state index contributed by atoms with van der Waals surface area (Å²) in [6.45, 7) is 5.07. The summed E-state index contributed by atoms with van der Waals surface area (Å²) in [7, 11) is 0. The topological polar surface area (TPSA) is 61.4 Å². The molecule has 7 heteroatoms. The maximum Gasteiger partial charge on any atom is 0.317 e. The van der Waals surface area contributed by atoms with E-state index in [-0.39, 0.29) is 12.1 Å². The molecule has 1 N–H and O–H groups in total. The Hall–Kier alpha value is -1.50. The monoisotopic (exact) mass is 309 g/mol. The molecule has 0 spiro atoms. The first kappa shape index (κ1) is 15.9. The lowest BCUT2D eigenvalue weighted by atomic mass is 10.2. The first-order valence-corrected chi connectivity index (χ1v) is 8.70. The summed E-state index contributed by atoms with van der Waals surface area (Å²) < 4.78 is 0. The Balaban J connectivity index is 1.82.